The number of likely N-dealkylation sites (N-methyl/N-ethyl adjacent to an activating group) is 1. The van der Waals surface area contributed by atoms with Gasteiger partial charge in [0.25, 0.3) is 5.91 Å². The second-order valence-electron chi connectivity index (χ2n) is 5.66. The molecule has 2 amide bonds. The molecular weight excluding hydrogens is 340 g/mol. The molecule has 1 N–H and O–H groups in total. The third kappa shape index (κ3) is 7.10. The quantitative estimate of drug-likeness (QED) is 0.462. The maximum absolute atomic E-state index is 12.1. The molecule has 0 atom stereocenters. The molecule has 1 aromatic carbocycles. The first-order valence-electron chi connectivity index (χ1n) is 8.20. The Morgan fingerprint density at radius 3 is 2.50 bits per heavy atom. The number of benzene rings is 1. The van der Waals surface area contributed by atoms with Gasteiger partial charge in [-0.05, 0) is 31.5 Å². The number of hydrogen-bond acceptors (Lipinski definition) is 6. The Hall–Kier alpha value is -2.61. The number of carbonyl (C=O) groups is 3. The van der Waals surface area contributed by atoms with Crippen LogP contribution in [0.25, 0.3) is 0 Å². The number of rotatable bonds is 11. The number of ketones is 1. The molecule has 0 unspecified atom stereocenters. The highest BCUT2D eigenvalue weighted by molar-refractivity contribution is 5.94. The first-order chi connectivity index (χ1) is 12.4. The highest BCUT2D eigenvalue weighted by atomic mass is 16.5. The van der Waals surface area contributed by atoms with Crippen molar-refractivity contribution in [3.8, 4) is 11.5 Å². The van der Waals surface area contributed by atoms with Crippen molar-refractivity contribution in [3.63, 3.8) is 0 Å². The summed E-state index contributed by atoms with van der Waals surface area (Å²) in [6.07, 6.45) is 0.707. The van der Waals surface area contributed by atoms with Gasteiger partial charge in [0.05, 0.1) is 13.7 Å². The standard InChI is InChI=1S/C18H26N2O6/c1-13(21)14-6-7-15(16(10-14)25-4)26-12-18(23)20(2)11-17(22)19-8-5-9-24-3/h6-7,10H,5,8-9,11-12H2,1-4H3,(H,19,22). The summed E-state index contributed by atoms with van der Waals surface area (Å²) in [5.41, 5.74) is 0.489. The molecular formula is C18H26N2O6. The van der Waals surface area contributed by atoms with Crippen molar-refractivity contribution in [1.29, 1.82) is 0 Å². The van der Waals surface area contributed by atoms with E-state index in [9.17, 15) is 14.4 Å². The van der Waals surface area contributed by atoms with Crippen molar-refractivity contribution >= 4 is 17.6 Å². The maximum atomic E-state index is 12.1. The third-order valence-corrected chi connectivity index (χ3v) is 3.58. The number of nitrogens with zero attached hydrogens (tertiary/aromatic N) is 1. The normalized spacial score (nSPS) is 10.2. The van der Waals surface area contributed by atoms with Crippen LogP contribution in [0.2, 0.25) is 0 Å². The van der Waals surface area contributed by atoms with E-state index in [2.05, 4.69) is 5.32 Å². The predicted octanol–water partition coefficient (Wildman–Crippen LogP) is 0.888. The average Bonchev–Trinajstić information content (AvgIpc) is 2.62. The Kier molecular flexibility index (Phi) is 9.14. The smallest absolute Gasteiger partial charge is 0.260 e. The summed E-state index contributed by atoms with van der Waals surface area (Å²) in [7, 11) is 4.57. The highest BCUT2D eigenvalue weighted by Gasteiger charge is 2.15. The number of hydrogen-bond donors (Lipinski definition) is 1. The van der Waals surface area contributed by atoms with Gasteiger partial charge in [-0.25, -0.2) is 0 Å². The SMILES string of the molecule is COCCCNC(=O)CN(C)C(=O)COc1ccc(C(C)=O)cc1OC. The highest BCUT2D eigenvalue weighted by Crippen LogP contribution is 2.28. The van der Waals surface area contributed by atoms with Crippen LogP contribution >= 0.6 is 0 Å². The molecule has 0 heterocycles. The summed E-state index contributed by atoms with van der Waals surface area (Å²) in [5, 5.41) is 2.71. The lowest BCUT2D eigenvalue weighted by molar-refractivity contribution is -0.136. The van der Waals surface area contributed by atoms with Crippen molar-refractivity contribution in [2.24, 2.45) is 0 Å². The molecule has 0 saturated carbocycles. The molecule has 0 radical (unpaired) electrons. The Labute approximate surface area is 153 Å². The maximum Gasteiger partial charge on any atom is 0.260 e. The summed E-state index contributed by atoms with van der Waals surface area (Å²) in [6.45, 7) is 2.20. The molecule has 0 spiro atoms. The van der Waals surface area contributed by atoms with Crippen LogP contribution in [0, 0.1) is 0 Å². The molecule has 0 aliphatic carbocycles. The van der Waals surface area contributed by atoms with Crippen LogP contribution in [0.5, 0.6) is 11.5 Å². The molecule has 0 aromatic heterocycles. The van der Waals surface area contributed by atoms with E-state index in [1.54, 1.807) is 25.3 Å². The number of carbonyl (C=O) groups excluding carboxylic acids is 3. The fourth-order valence-corrected chi connectivity index (χ4v) is 2.06. The van der Waals surface area contributed by atoms with E-state index in [0.717, 1.165) is 0 Å². The lowest BCUT2D eigenvalue weighted by atomic mass is 10.1. The number of amides is 2. The third-order valence-electron chi connectivity index (χ3n) is 3.58. The van der Waals surface area contributed by atoms with Gasteiger partial charge in [0.15, 0.2) is 23.9 Å². The van der Waals surface area contributed by atoms with Crippen molar-refractivity contribution in [2.45, 2.75) is 13.3 Å². The van der Waals surface area contributed by atoms with Gasteiger partial charge in [0.1, 0.15) is 0 Å². The van der Waals surface area contributed by atoms with Gasteiger partial charge in [-0.1, -0.05) is 0 Å². The summed E-state index contributed by atoms with van der Waals surface area (Å²) in [6, 6.07) is 4.73. The Bertz CT molecular complexity index is 632. The molecule has 8 heteroatoms. The van der Waals surface area contributed by atoms with Gasteiger partial charge in [-0.3, -0.25) is 14.4 Å². The van der Waals surface area contributed by atoms with Crippen LogP contribution in [0.15, 0.2) is 18.2 Å². The van der Waals surface area contributed by atoms with Crippen molar-refractivity contribution in [3.05, 3.63) is 23.8 Å². The van der Waals surface area contributed by atoms with Crippen molar-refractivity contribution in [1.82, 2.24) is 10.2 Å². The van der Waals surface area contributed by atoms with E-state index in [1.165, 1.54) is 26.0 Å². The molecule has 8 nitrogen and oxygen atoms in total. The van der Waals surface area contributed by atoms with E-state index >= 15 is 0 Å². The fourth-order valence-electron chi connectivity index (χ4n) is 2.06. The van der Waals surface area contributed by atoms with Gasteiger partial charge in [0.2, 0.25) is 5.91 Å². The van der Waals surface area contributed by atoms with Crippen LogP contribution in [-0.4, -0.2) is 70.1 Å². The fraction of sp³-hybridized carbons (Fsp3) is 0.500. The van der Waals surface area contributed by atoms with E-state index < -0.39 is 0 Å². The first kappa shape index (κ1) is 21.4. The molecule has 1 rings (SSSR count). The molecule has 26 heavy (non-hydrogen) atoms. The number of methoxy groups -OCH3 is 2. The summed E-state index contributed by atoms with van der Waals surface area (Å²) in [5.74, 6) is 0.0181. The van der Waals surface area contributed by atoms with Crippen LogP contribution in [-0.2, 0) is 14.3 Å². The number of Topliss-reactive ketones (excluding diaryl/α,β-unsaturated/α-hetero) is 1. The minimum absolute atomic E-state index is 0.0599. The molecule has 0 bridgehead atoms. The first-order valence-corrected chi connectivity index (χ1v) is 8.20. The van der Waals surface area contributed by atoms with E-state index in [1.807, 2.05) is 0 Å². The molecule has 0 saturated heterocycles. The molecule has 0 fully saturated rings. The van der Waals surface area contributed by atoms with Gasteiger partial charge in [-0.15, -0.1) is 0 Å². The molecule has 1 aromatic rings. The average molecular weight is 366 g/mol. The van der Waals surface area contributed by atoms with Crippen LogP contribution < -0.4 is 14.8 Å². The molecule has 0 aliphatic heterocycles. The van der Waals surface area contributed by atoms with Crippen LogP contribution in [0.1, 0.15) is 23.7 Å². The Balaban J connectivity index is 2.50. The largest absolute Gasteiger partial charge is 0.493 e. The summed E-state index contributed by atoms with van der Waals surface area (Å²) < 4.78 is 15.5. The zero-order valence-corrected chi connectivity index (χ0v) is 15.7. The van der Waals surface area contributed by atoms with Crippen molar-refractivity contribution < 1.29 is 28.6 Å². The zero-order chi connectivity index (χ0) is 19.5. The topological polar surface area (TPSA) is 94.2 Å². The number of ether oxygens (including phenoxy) is 3. The lowest BCUT2D eigenvalue weighted by Crippen LogP contribution is -2.40. The van der Waals surface area contributed by atoms with Crippen LogP contribution in [0.4, 0.5) is 0 Å². The minimum atomic E-state index is -0.352. The Morgan fingerprint density at radius 2 is 1.88 bits per heavy atom. The summed E-state index contributed by atoms with van der Waals surface area (Å²) in [4.78, 5) is 36.5. The monoisotopic (exact) mass is 366 g/mol. The van der Waals surface area contributed by atoms with Gasteiger partial charge in [-0.2, -0.15) is 0 Å². The van der Waals surface area contributed by atoms with E-state index in [4.69, 9.17) is 14.2 Å². The summed E-state index contributed by atoms with van der Waals surface area (Å²) >= 11 is 0. The lowest BCUT2D eigenvalue weighted by Gasteiger charge is -2.18. The van der Waals surface area contributed by atoms with E-state index in [-0.39, 0.29) is 30.7 Å². The van der Waals surface area contributed by atoms with Crippen molar-refractivity contribution in [2.75, 3.05) is 47.6 Å². The van der Waals surface area contributed by atoms with E-state index in [0.29, 0.717) is 36.6 Å². The number of nitrogens with one attached hydrogen (secondary N) is 1. The second kappa shape index (κ2) is 11.1. The van der Waals surface area contributed by atoms with Gasteiger partial charge in [0, 0.05) is 32.9 Å². The molecule has 0 aliphatic rings. The van der Waals surface area contributed by atoms with Gasteiger partial charge >= 0.3 is 0 Å². The predicted molar refractivity (Wildman–Crippen MR) is 95.6 cm³/mol. The zero-order valence-electron chi connectivity index (χ0n) is 15.7. The second-order valence-corrected chi connectivity index (χ2v) is 5.66. The molecule has 144 valence electrons. The van der Waals surface area contributed by atoms with Crippen LogP contribution in [0.3, 0.4) is 0 Å². The minimum Gasteiger partial charge on any atom is -0.493 e. The Morgan fingerprint density at radius 1 is 1.15 bits per heavy atom. The van der Waals surface area contributed by atoms with Gasteiger partial charge < -0.3 is 24.4 Å².